The molecule has 2 aromatic heterocycles. The molecule has 3 heterocycles. The van der Waals surface area contributed by atoms with Crippen LogP contribution in [0.15, 0.2) is 34.7 Å². The molecule has 0 radical (unpaired) electrons. The van der Waals surface area contributed by atoms with Crippen molar-refractivity contribution in [1.29, 1.82) is 0 Å². The number of carboxylic acids is 1. The van der Waals surface area contributed by atoms with Gasteiger partial charge in [-0.25, -0.2) is 14.3 Å². The Morgan fingerprint density at radius 1 is 1.16 bits per heavy atom. The number of halogens is 4. The number of piperazine rings is 1. The number of aliphatic carboxylic acids is 1. The molecule has 0 atom stereocenters. The van der Waals surface area contributed by atoms with Crippen molar-refractivity contribution in [2.75, 3.05) is 24.5 Å². The molecule has 10 nitrogen and oxygen atoms in total. The summed E-state index contributed by atoms with van der Waals surface area (Å²) in [5.74, 6) is -4.16. The zero-order chi connectivity index (χ0) is 28.2. The molecule has 1 aromatic carbocycles. The molecule has 0 spiro atoms. The second-order valence-corrected chi connectivity index (χ2v) is 9.02. The Labute approximate surface area is 216 Å². The molecule has 0 saturated carbocycles. The van der Waals surface area contributed by atoms with Gasteiger partial charge in [0, 0.05) is 25.1 Å². The van der Waals surface area contributed by atoms with Crippen molar-refractivity contribution < 1.29 is 37.1 Å². The van der Waals surface area contributed by atoms with Crippen molar-refractivity contribution in [2.45, 2.75) is 26.4 Å². The first-order valence-electron chi connectivity index (χ1n) is 10.9. The smallest absolute Gasteiger partial charge is 0.475 e. The Hall–Kier alpha value is -4.14. The van der Waals surface area contributed by atoms with Gasteiger partial charge in [-0.1, -0.05) is 6.07 Å². The van der Waals surface area contributed by atoms with Gasteiger partial charge < -0.3 is 10.0 Å². The first kappa shape index (κ1) is 28.4. The molecule has 1 aliphatic heterocycles. The molecular weight excluding hydrogens is 534 g/mol. The second-order valence-electron chi connectivity index (χ2n) is 8.16. The van der Waals surface area contributed by atoms with Gasteiger partial charge in [-0.3, -0.25) is 24.3 Å². The highest BCUT2D eigenvalue weighted by atomic mass is 32.1. The fourth-order valence-corrected chi connectivity index (χ4v) is 4.15. The standard InChI is InChI=1S/C21H20FN5O3S.C2HF3O2/c1-12-13(2)20(29)25-24-17(12)8-14-3-4-16(22)15(7-14)21(30)26-5-6-27(18(28)10-26)19-9-23-11-31-19;3-2(4,5)1(6)7/h3-4,7,9,11H,5-6,8,10H2,1-2H3,(H,25,29);(H,6,7). The van der Waals surface area contributed by atoms with Gasteiger partial charge in [-0.05, 0) is 37.1 Å². The van der Waals surface area contributed by atoms with Gasteiger partial charge in [-0.15, -0.1) is 11.3 Å². The summed E-state index contributed by atoms with van der Waals surface area (Å²) in [5, 5.41) is 14.4. The van der Waals surface area contributed by atoms with E-state index in [4.69, 9.17) is 9.90 Å². The maximum absolute atomic E-state index is 14.5. The van der Waals surface area contributed by atoms with Crippen molar-refractivity contribution in [2.24, 2.45) is 0 Å². The molecule has 2 amide bonds. The highest BCUT2D eigenvalue weighted by Crippen LogP contribution is 2.23. The summed E-state index contributed by atoms with van der Waals surface area (Å²) in [6, 6.07) is 4.31. The molecule has 202 valence electrons. The van der Waals surface area contributed by atoms with Gasteiger partial charge in [-0.2, -0.15) is 18.3 Å². The lowest BCUT2D eigenvalue weighted by Gasteiger charge is -2.33. The van der Waals surface area contributed by atoms with E-state index in [9.17, 15) is 31.9 Å². The summed E-state index contributed by atoms with van der Waals surface area (Å²) >= 11 is 1.35. The maximum Gasteiger partial charge on any atom is 0.490 e. The number of hydrogen-bond donors (Lipinski definition) is 2. The Kier molecular flexibility index (Phi) is 8.60. The first-order chi connectivity index (χ1) is 17.8. The molecule has 1 fully saturated rings. The highest BCUT2D eigenvalue weighted by molar-refractivity contribution is 7.14. The molecule has 15 heteroatoms. The number of carbonyl (C=O) groups is 3. The van der Waals surface area contributed by atoms with E-state index in [1.54, 1.807) is 36.5 Å². The Morgan fingerprint density at radius 3 is 2.42 bits per heavy atom. The molecule has 0 aliphatic carbocycles. The van der Waals surface area contributed by atoms with Crippen LogP contribution in [0.25, 0.3) is 0 Å². The third kappa shape index (κ3) is 6.59. The number of aromatic amines is 1. The zero-order valence-electron chi connectivity index (χ0n) is 20.0. The lowest BCUT2D eigenvalue weighted by molar-refractivity contribution is -0.192. The van der Waals surface area contributed by atoms with E-state index in [0.29, 0.717) is 36.3 Å². The van der Waals surface area contributed by atoms with Crippen LogP contribution in [-0.4, -0.2) is 68.8 Å². The monoisotopic (exact) mass is 555 g/mol. The first-order valence-corrected chi connectivity index (χ1v) is 11.8. The van der Waals surface area contributed by atoms with Crippen LogP contribution in [0.2, 0.25) is 0 Å². The third-order valence-corrected chi connectivity index (χ3v) is 6.49. The predicted octanol–water partition coefficient (Wildman–Crippen LogP) is 2.70. The van der Waals surface area contributed by atoms with Gasteiger partial charge >= 0.3 is 12.1 Å². The van der Waals surface area contributed by atoms with Crippen LogP contribution in [-0.2, 0) is 16.0 Å². The summed E-state index contributed by atoms with van der Waals surface area (Å²) in [6.45, 7) is 4.01. The number of hydrogen-bond acceptors (Lipinski definition) is 7. The van der Waals surface area contributed by atoms with Crippen LogP contribution in [0.5, 0.6) is 0 Å². The van der Waals surface area contributed by atoms with Crippen molar-refractivity contribution in [3.8, 4) is 0 Å². The topological polar surface area (TPSA) is 137 Å². The summed E-state index contributed by atoms with van der Waals surface area (Å²) < 4.78 is 46.2. The fourth-order valence-electron chi connectivity index (χ4n) is 3.48. The molecule has 0 bridgehead atoms. The third-order valence-electron chi connectivity index (χ3n) is 5.70. The average Bonchev–Trinajstić information content (AvgIpc) is 3.39. The van der Waals surface area contributed by atoms with Gasteiger partial charge in [0.15, 0.2) is 0 Å². The zero-order valence-corrected chi connectivity index (χ0v) is 20.8. The molecule has 2 N–H and O–H groups in total. The number of benzene rings is 1. The normalized spacial score (nSPS) is 13.7. The molecule has 0 unspecified atom stereocenters. The van der Waals surface area contributed by atoms with Crippen LogP contribution >= 0.6 is 11.3 Å². The molecule has 1 aliphatic rings. The van der Waals surface area contributed by atoms with E-state index in [1.807, 2.05) is 0 Å². The summed E-state index contributed by atoms with van der Waals surface area (Å²) in [7, 11) is 0. The number of rotatable bonds is 4. The van der Waals surface area contributed by atoms with Crippen LogP contribution in [0, 0.1) is 19.7 Å². The Bertz CT molecular complexity index is 1410. The van der Waals surface area contributed by atoms with E-state index >= 15 is 0 Å². The number of carboxylic acid groups (broad SMARTS) is 1. The Balaban J connectivity index is 0.000000505. The van der Waals surface area contributed by atoms with Crippen LogP contribution in [0.3, 0.4) is 0 Å². The van der Waals surface area contributed by atoms with Gasteiger partial charge in [0.25, 0.3) is 11.5 Å². The maximum atomic E-state index is 14.5. The van der Waals surface area contributed by atoms with Gasteiger partial charge in [0.1, 0.15) is 17.4 Å². The quantitative estimate of drug-likeness (QED) is 0.473. The number of nitrogens with one attached hydrogen (secondary N) is 1. The molecule has 4 rings (SSSR count). The molecule has 38 heavy (non-hydrogen) atoms. The number of amides is 2. The van der Waals surface area contributed by atoms with Crippen LogP contribution < -0.4 is 10.5 Å². The van der Waals surface area contributed by atoms with Crippen molar-refractivity contribution >= 4 is 34.1 Å². The lowest BCUT2D eigenvalue weighted by atomic mass is 10.0. The number of nitrogens with zero attached hydrogens (tertiary/aromatic N) is 4. The Morgan fingerprint density at radius 2 is 1.84 bits per heavy atom. The van der Waals surface area contributed by atoms with E-state index in [1.165, 1.54) is 28.4 Å². The van der Waals surface area contributed by atoms with Gasteiger partial charge in [0.05, 0.1) is 23.0 Å². The van der Waals surface area contributed by atoms with Crippen LogP contribution in [0.4, 0.5) is 22.6 Å². The fraction of sp³-hybridized carbons (Fsp3) is 0.304. The number of thiazole rings is 1. The minimum Gasteiger partial charge on any atom is -0.475 e. The summed E-state index contributed by atoms with van der Waals surface area (Å²) in [5.41, 5.74) is 3.96. The average molecular weight is 556 g/mol. The predicted molar refractivity (Wildman–Crippen MR) is 128 cm³/mol. The second kappa shape index (κ2) is 11.5. The van der Waals surface area contributed by atoms with E-state index in [-0.39, 0.29) is 23.6 Å². The summed E-state index contributed by atoms with van der Waals surface area (Å²) in [6.07, 6.45) is -3.14. The van der Waals surface area contributed by atoms with Gasteiger partial charge in [0.2, 0.25) is 5.91 Å². The molecule has 3 aromatic rings. The molecular formula is C23H21F4N5O5S. The molecule has 1 saturated heterocycles. The number of carbonyl (C=O) groups excluding carboxylic acids is 2. The van der Waals surface area contributed by atoms with Crippen LogP contribution in [0.1, 0.15) is 32.7 Å². The van der Waals surface area contributed by atoms with E-state index in [0.717, 1.165) is 10.6 Å². The van der Waals surface area contributed by atoms with Crippen molar-refractivity contribution in [3.05, 3.63) is 74.0 Å². The SMILES string of the molecule is Cc1c(Cc2ccc(F)c(C(=O)N3CCN(c4cncs4)C(=O)C3)c2)n[nH]c(=O)c1C.O=C(O)C(F)(F)F. The number of anilines is 1. The lowest BCUT2D eigenvalue weighted by Crippen LogP contribution is -2.52. The minimum atomic E-state index is -5.08. The van der Waals surface area contributed by atoms with E-state index in [2.05, 4.69) is 15.2 Å². The van der Waals surface area contributed by atoms with Crippen molar-refractivity contribution in [3.63, 3.8) is 0 Å². The highest BCUT2D eigenvalue weighted by Gasteiger charge is 2.38. The number of H-pyrrole nitrogens is 1. The largest absolute Gasteiger partial charge is 0.490 e. The summed E-state index contributed by atoms with van der Waals surface area (Å²) in [4.78, 5) is 53.0. The van der Waals surface area contributed by atoms with E-state index < -0.39 is 23.9 Å². The number of alkyl halides is 3. The van der Waals surface area contributed by atoms with Crippen molar-refractivity contribution in [1.82, 2.24) is 20.1 Å². The number of aromatic nitrogens is 3. The minimum absolute atomic E-state index is 0.0876.